The van der Waals surface area contributed by atoms with Crippen molar-refractivity contribution in [3.8, 4) is 0 Å². The molecule has 0 amide bonds. The minimum absolute atomic E-state index is 0. The molecule has 0 aromatic heterocycles. The summed E-state index contributed by atoms with van der Waals surface area (Å²) >= 11 is 0. The van der Waals surface area contributed by atoms with Gasteiger partial charge in [-0.25, -0.2) is 5.32 Å². The number of hydrogen-bond donors (Lipinski definition) is 1. The third-order valence-electron chi connectivity index (χ3n) is 15.1. The van der Waals surface area contributed by atoms with Gasteiger partial charge in [-0.15, -0.1) is 0 Å². The first-order chi connectivity index (χ1) is 32.9. The second-order valence-corrected chi connectivity index (χ2v) is 33.6. The van der Waals surface area contributed by atoms with Gasteiger partial charge in [-0.05, 0) is 124 Å². The third kappa shape index (κ3) is 13.1. The number of para-hydroxylation sites is 1. The Labute approximate surface area is 463 Å². The molecule has 4 saturated carbocycles. The van der Waals surface area contributed by atoms with E-state index in [1.807, 2.05) is 0 Å². The van der Waals surface area contributed by atoms with Crippen LogP contribution in [-0.2, 0) is 0 Å². The summed E-state index contributed by atoms with van der Waals surface area (Å²) in [6.07, 6.45) is 7.84. The number of nitrogens with zero attached hydrogens (tertiary/aromatic N) is 2. The maximum atomic E-state index is 6.14. The van der Waals surface area contributed by atoms with Gasteiger partial charge in [-0.3, -0.25) is 0 Å². The topological polar surface area (TPSA) is 42.2 Å². The molecule has 6 aromatic carbocycles. The Morgan fingerprint density at radius 1 is 0.457 bits per heavy atom. The summed E-state index contributed by atoms with van der Waals surface area (Å²) in [6, 6.07) is 56.9. The first-order valence-corrected chi connectivity index (χ1v) is 33.4. The molecular formula is C64H82N3Si2Sr+. The summed E-state index contributed by atoms with van der Waals surface area (Å²) < 4.78 is 4.82. The van der Waals surface area contributed by atoms with Crippen molar-refractivity contribution in [2.75, 3.05) is 0 Å². The van der Waals surface area contributed by atoms with Crippen LogP contribution >= 0.6 is 0 Å². The Morgan fingerprint density at radius 3 is 1.09 bits per heavy atom. The van der Waals surface area contributed by atoms with Crippen molar-refractivity contribution in [3.05, 3.63) is 212 Å². The molecule has 70 heavy (non-hydrogen) atoms. The van der Waals surface area contributed by atoms with Crippen molar-refractivity contribution in [2.45, 2.75) is 149 Å². The second kappa shape index (κ2) is 23.3. The van der Waals surface area contributed by atoms with E-state index in [1.54, 1.807) is 0 Å². The molecule has 6 aromatic rings. The Morgan fingerprint density at radius 2 is 0.800 bits per heavy atom. The zero-order valence-corrected chi connectivity index (χ0v) is 50.4. The molecule has 4 aliphatic carbocycles. The van der Waals surface area contributed by atoms with Gasteiger partial charge in [0.05, 0.1) is 5.69 Å². The van der Waals surface area contributed by atoms with Crippen molar-refractivity contribution in [3.63, 3.8) is 0 Å². The van der Waals surface area contributed by atoms with Crippen LogP contribution in [0.2, 0.25) is 39.3 Å². The number of rotatable bonds is 14. The average Bonchev–Trinajstić information content (AvgIpc) is 3.29. The van der Waals surface area contributed by atoms with Crippen LogP contribution in [0.1, 0.15) is 160 Å². The van der Waals surface area contributed by atoms with Gasteiger partial charge in [-0.2, -0.15) is 0 Å². The van der Waals surface area contributed by atoms with E-state index < -0.39 is 16.5 Å². The molecule has 0 aliphatic heterocycles. The zero-order valence-electron chi connectivity index (χ0n) is 44.9. The Kier molecular flexibility index (Phi) is 18.1. The Bertz CT molecular complexity index is 2390. The molecule has 4 bridgehead atoms. The van der Waals surface area contributed by atoms with E-state index in [0.29, 0.717) is 17.8 Å². The van der Waals surface area contributed by atoms with E-state index in [1.165, 1.54) is 106 Å². The first kappa shape index (κ1) is 54.4. The van der Waals surface area contributed by atoms with Gasteiger partial charge in [0, 0.05) is 22.9 Å². The Hall–Kier alpha value is -3.34. The minimum Gasteiger partial charge on any atom is -0.668 e. The fourth-order valence-electron chi connectivity index (χ4n) is 12.9. The van der Waals surface area contributed by atoms with E-state index in [0.717, 1.165) is 17.8 Å². The van der Waals surface area contributed by atoms with Crippen LogP contribution in [0.15, 0.2) is 152 Å². The average molecular weight is 1040 g/mol. The molecule has 6 heteroatoms. The summed E-state index contributed by atoms with van der Waals surface area (Å²) in [5.74, 6) is 4.59. The van der Waals surface area contributed by atoms with Crippen molar-refractivity contribution >= 4 is 79.2 Å². The van der Waals surface area contributed by atoms with Crippen LogP contribution in [0.5, 0.6) is 0 Å². The van der Waals surface area contributed by atoms with Crippen LogP contribution < -0.4 is 4.99 Å². The molecule has 0 unspecified atom stereocenters. The summed E-state index contributed by atoms with van der Waals surface area (Å²) in [5, 5.41) is 6.14. The monoisotopic (exact) mass is 1040 g/mol. The molecule has 1 N–H and O–H groups in total. The first-order valence-electron chi connectivity index (χ1n) is 26.5. The van der Waals surface area contributed by atoms with Gasteiger partial charge < -0.3 is 9.64 Å². The van der Waals surface area contributed by atoms with Crippen molar-refractivity contribution in [2.24, 2.45) is 23.2 Å². The van der Waals surface area contributed by atoms with E-state index in [-0.39, 0.29) is 62.7 Å². The largest absolute Gasteiger partial charge is 2.00 e. The van der Waals surface area contributed by atoms with Gasteiger partial charge in [0.2, 0.25) is 0 Å². The fourth-order valence-corrected chi connectivity index (χ4v) is 20.9. The number of benzene rings is 6. The molecule has 4 aliphatic rings. The summed E-state index contributed by atoms with van der Waals surface area (Å²) in [4.78, 5) is 4.51. The van der Waals surface area contributed by atoms with Gasteiger partial charge in [0.15, 0.2) is 0 Å². The summed E-state index contributed by atoms with van der Waals surface area (Å²) in [5.41, 5.74) is 14.3. The van der Waals surface area contributed by atoms with Crippen LogP contribution in [0.4, 0.5) is 11.4 Å². The second-order valence-electron chi connectivity index (χ2n) is 24.1. The number of hydrogen-bond acceptors (Lipinski definition) is 0. The quantitative estimate of drug-likeness (QED) is 0.0489. The predicted molar refractivity (Wildman–Crippen MR) is 308 cm³/mol. The van der Waals surface area contributed by atoms with Gasteiger partial charge in [-0.1, -0.05) is 249 Å². The molecule has 0 atom stereocenters. The maximum Gasteiger partial charge on any atom is 2.00 e. The molecule has 362 valence electrons. The van der Waals surface area contributed by atoms with Crippen molar-refractivity contribution in [1.29, 1.82) is 0 Å². The summed E-state index contributed by atoms with van der Waals surface area (Å²) in [7, 11) is -2.21. The van der Waals surface area contributed by atoms with E-state index in [9.17, 15) is 0 Å². The van der Waals surface area contributed by atoms with Crippen LogP contribution in [0.3, 0.4) is 0 Å². The minimum atomic E-state index is -1.11. The van der Waals surface area contributed by atoms with Crippen LogP contribution in [0, 0.1) is 23.2 Å². The fraction of sp³-hybridized carbons (Fsp3) is 0.422. The SMILES string of the molecule is CC(C)c1cc(C(c2ccccc2)c2ccccc2)c([NH+]=C([N-]c2c(C(C)C)cccc2C(C)C)C23CC4CC(CC(C4)C2)C3)c(C(c2ccccc2)c2ccccc2)c1.C[Si](C)(C)[N-][Si](C)(C)C.[Sr+2]. The molecule has 0 spiro atoms. The van der Waals surface area contributed by atoms with Crippen molar-refractivity contribution in [1.82, 2.24) is 0 Å². The smallest absolute Gasteiger partial charge is 0.668 e. The number of amidine groups is 1. The van der Waals surface area contributed by atoms with Gasteiger partial charge >= 0.3 is 45.5 Å². The zero-order chi connectivity index (χ0) is 49.1. The number of nitrogens with one attached hydrogen (secondary N) is 1. The normalized spacial score (nSPS) is 20.0. The van der Waals surface area contributed by atoms with Crippen LogP contribution in [-0.4, -0.2) is 67.8 Å². The van der Waals surface area contributed by atoms with Gasteiger partial charge in [0.1, 0.15) is 5.84 Å². The molecule has 10 rings (SSSR count). The third-order valence-corrected chi connectivity index (χ3v) is 20.4. The van der Waals surface area contributed by atoms with Crippen molar-refractivity contribution < 1.29 is 4.99 Å². The van der Waals surface area contributed by atoms with E-state index in [2.05, 4.69) is 237 Å². The predicted octanol–water partition coefficient (Wildman–Crippen LogP) is 17.1. The standard InChI is InChI=1S/C58H63N2.C6H18NSi2.Sr/c1-38(2)48-33-51(53(44-20-11-7-12-21-44)45-22-13-8-14-23-45)56(52(34-48)54(46-24-15-9-16-25-46)47-26-17-10-18-27-47)60-57(58-35-41-30-42(36-58)32-43(31-41)37-58)59-55-49(39(3)4)28-19-29-50(55)40(5)6;1-8(2,3)7-9(4,5)6;/h7-29,33-34,38-43,53-54H,30-32,35-37H2,1-6H3;1-6H3;/q2*-1;+2/p+1. The molecule has 4 fully saturated rings. The molecule has 0 heterocycles. The molecular weight excluding hydrogens is 955 g/mol. The molecule has 0 radical (unpaired) electrons. The van der Waals surface area contributed by atoms with Gasteiger partial charge in [0.25, 0.3) is 0 Å². The van der Waals surface area contributed by atoms with E-state index in [4.69, 9.17) is 9.96 Å². The maximum absolute atomic E-state index is 6.14. The molecule has 3 nitrogen and oxygen atoms in total. The van der Waals surface area contributed by atoms with Crippen LogP contribution in [0.25, 0.3) is 9.96 Å². The molecule has 0 saturated heterocycles. The van der Waals surface area contributed by atoms with E-state index >= 15 is 0 Å². The Balaban J connectivity index is 0.000000658. The summed E-state index contributed by atoms with van der Waals surface area (Å²) in [6.45, 7) is 27.8.